The zero-order chi connectivity index (χ0) is 27.1. The highest BCUT2D eigenvalue weighted by molar-refractivity contribution is 5.60. The zero-order valence-corrected chi connectivity index (χ0v) is 23.6. The number of aromatic nitrogens is 2. The predicted molar refractivity (Wildman–Crippen MR) is 159 cm³/mol. The van der Waals surface area contributed by atoms with E-state index >= 15 is 0 Å². The Morgan fingerprint density at radius 2 is 1.74 bits per heavy atom. The summed E-state index contributed by atoms with van der Waals surface area (Å²) in [6.45, 7) is 6.57. The molecule has 1 aliphatic carbocycles. The number of nitrogens with two attached hydrogens (primary N) is 1. The van der Waals surface area contributed by atoms with Crippen LogP contribution in [0, 0.1) is 0 Å². The first-order chi connectivity index (χ1) is 19.2. The third-order valence-corrected chi connectivity index (χ3v) is 7.48. The van der Waals surface area contributed by atoms with Crippen LogP contribution < -0.4 is 31.2 Å². The Kier molecular flexibility index (Phi) is 12.0. The number of anilines is 3. The number of methoxy groups -OCH3 is 1. The predicted octanol–water partition coefficient (Wildman–Crippen LogP) is 5.05. The Morgan fingerprint density at radius 1 is 0.923 bits per heavy atom. The second-order valence-corrected chi connectivity index (χ2v) is 10.4. The van der Waals surface area contributed by atoms with Crippen molar-refractivity contribution in [2.45, 2.75) is 64.2 Å². The SMILES string of the molecule is COc1ccc(Nc2nccc(NCCCN/C3=C(/CN)CCCCCC3)n2)cc1OCCCN1CCCC1. The van der Waals surface area contributed by atoms with Gasteiger partial charge in [0.2, 0.25) is 5.95 Å². The van der Waals surface area contributed by atoms with Crippen molar-refractivity contribution in [2.75, 3.05) is 63.6 Å². The van der Waals surface area contributed by atoms with Crippen LogP contribution in [-0.4, -0.2) is 67.9 Å². The van der Waals surface area contributed by atoms with E-state index in [9.17, 15) is 0 Å². The number of rotatable bonds is 15. The maximum Gasteiger partial charge on any atom is 0.229 e. The first-order valence-electron chi connectivity index (χ1n) is 14.8. The molecule has 2 aromatic rings. The lowest BCUT2D eigenvalue weighted by atomic mass is 9.97. The third-order valence-electron chi connectivity index (χ3n) is 7.48. The highest BCUT2D eigenvalue weighted by atomic mass is 16.5. The third kappa shape index (κ3) is 9.58. The van der Waals surface area contributed by atoms with E-state index in [-0.39, 0.29) is 0 Å². The lowest BCUT2D eigenvalue weighted by Gasteiger charge is -2.19. The number of allylic oxidation sites excluding steroid dienone is 1. The molecule has 39 heavy (non-hydrogen) atoms. The van der Waals surface area contributed by atoms with E-state index < -0.39 is 0 Å². The molecule has 0 unspecified atom stereocenters. The summed E-state index contributed by atoms with van der Waals surface area (Å²) < 4.78 is 11.6. The Balaban J connectivity index is 1.23. The fraction of sp³-hybridized carbons (Fsp3) is 0.600. The van der Waals surface area contributed by atoms with E-state index in [0.29, 0.717) is 19.1 Å². The van der Waals surface area contributed by atoms with Crippen LogP contribution in [0.2, 0.25) is 0 Å². The highest BCUT2D eigenvalue weighted by Gasteiger charge is 2.12. The quantitative estimate of drug-likeness (QED) is 0.232. The van der Waals surface area contributed by atoms with Crippen molar-refractivity contribution in [2.24, 2.45) is 5.73 Å². The number of likely N-dealkylation sites (tertiary alicyclic amines) is 1. The molecule has 0 spiro atoms. The molecule has 1 fully saturated rings. The summed E-state index contributed by atoms with van der Waals surface area (Å²) in [7, 11) is 1.67. The fourth-order valence-electron chi connectivity index (χ4n) is 5.29. The van der Waals surface area contributed by atoms with Crippen molar-refractivity contribution in [3.63, 3.8) is 0 Å². The van der Waals surface area contributed by atoms with Crippen molar-refractivity contribution < 1.29 is 9.47 Å². The maximum atomic E-state index is 6.08. The van der Waals surface area contributed by atoms with Gasteiger partial charge in [-0.1, -0.05) is 12.8 Å². The fourth-order valence-corrected chi connectivity index (χ4v) is 5.29. The summed E-state index contributed by atoms with van der Waals surface area (Å²) in [6.07, 6.45) is 13.8. The summed E-state index contributed by atoms with van der Waals surface area (Å²) in [5.74, 6) is 2.78. The van der Waals surface area contributed by atoms with Crippen LogP contribution in [0.4, 0.5) is 17.5 Å². The van der Waals surface area contributed by atoms with Crippen molar-refractivity contribution in [1.29, 1.82) is 0 Å². The minimum atomic E-state index is 0.538. The molecule has 9 nitrogen and oxygen atoms in total. The van der Waals surface area contributed by atoms with E-state index in [1.165, 1.54) is 62.9 Å². The lowest BCUT2D eigenvalue weighted by molar-refractivity contribution is 0.254. The van der Waals surface area contributed by atoms with Gasteiger partial charge in [0.15, 0.2) is 11.5 Å². The molecule has 1 aliphatic heterocycles. The van der Waals surface area contributed by atoms with Crippen molar-refractivity contribution in [1.82, 2.24) is 20.2 Å². The number of hydrogen-bond acceptors (Lipinski definition) is 9. The van der Waals surface area contributed by atoms with Crippen molar-refractivity contribution >= 4 is 17.5 Å². The van der Waals surface area contributed by atoms with Crippen LogP contribution in [-0.2, 0) is 0 Å². The van der Waals surface area contributed by atoms with E-state index in [2.05, 4.69) is 30.8 Å². The minimum absolute atomic E-state index is 0.538. The average Bonchev–Trinajstić information content (AvgIpc) is 3.46. The molecule has 2 heterocycles. The summed E-state index contributed by atoms with van der Waals surface area (Å²) in [4.78, 5) is 11.5. The molecule has 1 aromatic heterocycles. The van der Waals surface area contributed by atoms with Crippen molar-refractivity contribution in [3.8, 4) is 11.5 Å². The molecule has 9 heteroatoms. The van der Waals surface area contributed by atoms with Crippen LogP contribution in [0.1, 0.15) is 64.2 Å². The maximum absolute atomic E-state index is 6.08. The molecule has 1 aromatic carbocycles. The Hall–Kier alpha value is -3.04. The molecular formula is C30H47N7O2. The summed E-state index contributed by atoms with van der Waals surface area (Å²) in [6, 6.07) is 7.70. The van der Waals surface area contributed by atoms with E-state index in [1.54, 1.807) is 13.3 Å². The Labute approximate surface area is 234 Å². The second-order valence-electron chi connectivity index (χ2n) is 10.4. The molecule has 214 valence electrons. The molecule has 0 bridgehead atoms. The standard InChI is InChI=1S/C30H47N7O2/c1-38-27-13-12-25(22-28(27)39-21-9-20-37-18-6-7-19-37)35-30-34-17-14-29(36-30)33-16-8-15-32-26-11-5-3-2-4-10-24(26)23-31/h12-14,17,22,32H,2-11,15-16,18-21,23,31H2,1H3,(H2,33,34,35,36)/b26-24+. The number of nitrogens with zero attached hydrogens (tertiary/aromatic N) is 3. The number of nitrogens with one attached hydrogen (secondary N) is 3. The second kappa shape index (κ2) is 16.2. The van der Waals surface area contributed by atoms with Gasteiger partial charge >= 0.3 is 0 Å². The molecule has 5 N–H and O–H groups in total. The van der Waals surface area contributed by atoms with Gasteiger partial charge in [0, 0.05) is 49.8 Å². The Morgan fingerprint density at radius 3 is 2.56 bits per heavy atom. The van der Waals surface area contributed by atoms with Crippen LogP contribution in [0.25, 0.3) is 0 Å². The van der Waals surface area contributed by atoms with Gasteiger partial charge in [-0.15, -0.1) is 0 Å². The Bertz CT molecular complexity index is 1040. The smallest absolute Gasteiger partial charge is 0.229 e. The summed E-state index contributed by atoms with van der Waals surface area (Å²) >= 11 is 0. The highest BCUT2D eigenvalue weighted by Crippen LogP contribution is 2.31. The number of benzene rings is 1. The van der Waals surface area contributed by atoms with Gasteiger partial charge in [-0.2, -0.15) is 4.98 Å². The monoisotopic (exact) mass is 537 g/mol. The van der Waals surface area contributed by atoms with Gasteiger partial charge in [0.25, 0.3) is 0 Å². The zero-order valence-electron chi connectivity index (χ0n) is 23.6. The van der Waals surface area contributed by atoms with Gasteiger partial charge in [-0.05, 0) is 88.2 Å². The number of ether oxygens (including phenoxy) is 2. The summed E-state index contributed by atoms with van der Waals surface area (Å²) in [5.41, 5.74) is 9.65. The molecule has 0 amide bonds. The summed E-state index contributed by atoms with van der Waals surface area (Å²) in [5, 5.41) is 10.4. The van der Waals surface area contributed by atoms with Crippen LogP contribution in [0.5, 0.6) is 11.5 Å². The lowest BCUT2D eigenvalue weighted by Crippen LogP contribution is -2.22. The van der Waals surface area contributed by atoms with E-state index in [0.717, 1.165) is 68.3 Å². The molecule has 4 rings (SSSR count). The van der Waals surface area contributed by atoms with Crippen LogP contribution in [0.3, 0.4) is 0 Å². The van der Waals surface area contributed by atoms with Gasteiger partial charge in [-0.25, -0.2) is 4.98 Å². The van der Waals surface area contributed by atoms with Crippen LogP contribution in [0.15, 0.2) is 41.7 Å². The molecule has 1 saturated heterocycles. The molecule has 0 atom stereocenters. The largest absolute Gasteiger partial charge is 0.493 e. The van der Waals surface area contributed by atoms with Crippen molar-refractivity contribution in [3.05, 3.63) is 41.7 Å². The molecule has 2 aliphatic rings. The first-order valence-corrected chi connectivity index (χ1v) is 14.8. The topological polar surface area (TPSA) is 110 Å². The molecular weight excluding hydrogens is 490 g/mol. The van der Waals surface area contributed by atoms with Gasteiger partial charge in [0.05, 0.1) is 13.7 Å². The van der Waals surface area contributed by atoms with E-state index in [4.69, 9.17) is 15.2 Å². The number of hydrogen-bond donors (Lipinski definition) is 4. The normalized spacial score (nSPS) is 18.3. The van der Waals surface area contributed by atoms with Gasteiger partial charge in [0.1, 0.15) is 5.82 Å². The minimum Gasteiger partial charge on any atom is -0.493 e. The molecule has 0 saturated carbocycles. The first kappa shape index (κ1) is 29.0. The van der Waals surface area contributed by atoms with E-state index in [1.807, 2.05) is 24.3 Å². The average molecular weight is 538 g/mol. The van der Waals surface area contributed by atoms with Gasteiger partial charge in [-0.3, -0.25) is 0 Å². The van der Waals surface area contributed by atoms with Gasteiger partial charge < -0.3 is 36.1 Å². The van der Waals surface area contributed by atoms with Crippen LogP contribution >= 0.6 is 0 Å². The molecule has 0 radical (unpaired) electrons.